The largest absolute Gasteiger partial charge is 0.421 e. The molecule has 0 spiro atoms. The van der Waals surface area contributed by atoms with E-state index in [4.69, 9.17) is 5.73 Å². The molecule has 146 valence electrons. The quantitative estimate of drug-likeness (QED) is 0.504. The zero-order valence-corrected chi connectivity index (χ0v) is 15.0. The highest BCUT2D eigenvalue weighted by Gasteiger charge is 2.35. The van der Waals surface area contributed by atoms with Gasteiger partial charge in [0.15, 0.2) is 0 Å². The summed E-state index contributed by atoms with van der Waals surface area (Å²) in [6.07, 6.45) is -2.52. The lowest BCUT2D eigenvalue weighted by atomic mass is 10.2. The summed E-state index contributed by atoms with van der Waals surface area (Å²) in [5.41, 5.74) is 6.96. The Balaban J connectivity index is 2.02. The SMILES string of the molecule is Cc1ccc(Nc2nc(Nc3cc(=O)[nH]cc3C)ncc2C(F)(F)F)c(N)c1. The molecule has 0 aliphatic rings. The molecule has 0 bridgehead atoms. The standard InChI is InChI=1S/C18H17F3N6O/c1-9-3-4-13(12(22)5-9)25-16-11(18(19,20)21)8-24-17(27-16)26-14-6-15(28)23-7-10(14)2/h3-8H,22H2,1-2H3,(H3,23,24,25,26,27,28). The molecule has 0 unspecified atom stereocenters. The molecular formula is C18H17F3N6O. The van der Waals surface area contributed by atoms with Gasteiger partial charge in [0.25, 0.3) is 0 Å². The van der Waals surface area contributed by atoms with Crippen LogP contribution in [0.15, 0.2) is 41.5 Å². The van der Waals surface area contributed by atoms with Crippen molar-refractivity contribution in [2.75, 3.05) is 16.4 Å². The number of nitrogen functional groups attached to an aromatic ring is 1. The maximum atomic E-state index is 13.4. The number of hydrogen-bond acceptors (Lipinski definition) is 6. The van der Waals surface area contributed by atoms with E-state index in [9.17, 15) is 18.0 Å². The number of aryl methyl sites for hydroxylation is 2. The number of nitrogens with one attached hydrogen (secondary N) is 3. The lowest BCUT2D eigenvalue weighted by Crippen LogP contribution is -2.14. The number of anilines is 5. The third-order valence-corrected chi connectivity index (χ3v) is 3.93. The maximum Gasteiger partial charge on any atom is 0.421 e. The first kappa shape index (κ1) is 19.2. The number of aromatic amines is 1. The molecule has 2 aromatic heterocycles. The minimum atomic E-state index is -4.67. The van der Waals surface area contributed by atoms with E-state index in [2.05, 4.69) is 25.6 Å². The van der Waals surface area contributed by atoms with Crippen LogP contribution >= 0.6 is 0 Å². The summed E-state index contributed by atoms with van der Waals surface area (Å²) in [6, 6.07) is 6.18. The fraction of sp³-hybridized carbons (Fsp3) is 0.167. The Hall–Kier alpha value is -3.56. The van der Waals surface area contributed by atoms with Crippen molar-refractivity contribution in [1.82, 2.24) is 15.0 Å². The number of nitrogens with two attached hydrogens (primary N) is 1. The molecule has 0 fully saturated rings. The second-order valence-electron chi connectivity index (χ2n) is 6.19. The van der Waals surface area contributed by atoms with E-state index in [1.165, 1.54) is 12.3 Å². The van der Waals surface area contributed by atoms with Gasteiger partial charge in [0.05, 0.1) is 17.1 Å². The Bertz CT molecular complexity index is 1080. The van der Waals surface area contributed by atoms with Gasteiger partial charge in [0, 0.05) is 18.5 Å². The van der Waals surface area contributed by atoms with Gasteiger partial charge in [-0.2, -0.15) is 18.2 Å². The topological polar surface area (TPSA) is 109 Å². The molecule has 0 atom stereocenters. The van der Waals surface area contributed by atoms with Crippen LogP contribution in [-0.4, -0.2) is 15.0 Å². The first-order chi connectivity index (χ1) is 13.1. The maximum absolute atomic E-state index is 13.4. The fourth-order valence-electron chi connectivity index (χ4n) is 2.47. The van der Waals surface area contributed by atoms with Crippen LogP contribution in [0.5, 0.6) is 0 Å². The van der Waals surface area contributed by atoms with Gasteiger partial charge < -0.3 is 21.4 Å². The molecule has 0 amide bonds. The van der Waals surface area contributed by atoms with Crippen molar-refractivity contribution in [2.24, 2.45) is 0 Å². The van der Waals surface area contributed by atoms with Crippen LogP contribution in [0.2, 0.25) is 0 Å². The first-order valence-electron chi connectivity index (χ1n) is 8.17. The highest BCUT2D eigenvalue weighted by molar-refractivity contribution is 5.73. The van der Waals surface area contributed by atoms with Crippen LogP contribution in [0.3, 0.4) is 0 Å². The van der Waals surface area contributed by atoms with Gasteiger partial charge in [-0.3, -0.25) is 4.79 Å². The van der Waals surface area contributed by atoms with E-state index in [0.717, 1.165) is 5.56 Å². The van der Waals surface area contributed by atoms with Crippen molar-refractivity contribution in [3.8, 4) is 0 Å². The van der Waals surface area contributed by atoms with Crippen LogP contribution in [0, 0.1) is 13.8 Å². The third kappa shape index (κ3) is 4.22. The number of aromatic nitrogens is 3. The van der Waals surface area contributed by atoms with Gasteiger partial charge in [-0.25, -0.2) is 4.98 Å². The second-order valence-corrected chi connectivity index (χ2v) is 6.19. The van der Waals surface area contributed by atoms with Gasteiger partial charge in [0.2, 0.25) is 11.5 Å². The number of H-pyrrole nitrogens is 1. The molecule has 1 aromatic carbocycles. The minimum absolute atomic E-state index is 0.102. The number of benzene rings is 1. The van der Waals surface area contributed by atoms with Gasteiger partial charge in [-0.1, -0.05) is 6.07 Å². The van der Waals surface area contributed by atoms with Crippen molar-refractivity contribution in [1.29, 1.82) is 0 Å². The number of pyridine rings is 1. The van der Waals surface area contributed by atoms with Crippen molar-refractivity contribution in [3.63, 3.8) is 0 Å². The summed E-state index contributed by atoms with van der Waals surface area (Å²) >= 11 is 0. The van der Waals surface area contributed by atoms with E-state index < -0.39 is 17.6 Å². The molecule has 0 aliphatic heterocycles. The number of rotatable bonds is 4. The lowest BCUT2D eigenvalue weighted by molar-refractivity contribution is -0.137. The summed E-state index contributed by atoms with van der Waals surface area (Å²) in [5.74, 6) is -0.557. The smallest absolute Gasteiger partial charge is 0.397 e. The van der Waals surface area contributed by atoms with Gasteiger partial charge in [0.1, 0.15) is 11.4 Å². The molecule has 3 rings (SSSR count). The zero-order chi connectivity index (χ0) is 20.5. The summed E-state index contributed by atoms with van der Waals surface area (Å²) in [5, 5.41) is 5.38. The molecule has 7 nitrogen and oxygen atoms in total. The first-order valence-corrected chi connectivity index (χ1v) is 8.17. The lowest BCUT2D eigenvalue weighted by Gasteiger charge is -2.16. The van der Waals surface area contributed by atoms with Crippen molar-refractivity contribution < 1.29 is 13.2 Å². The van der Waals surface area contributed by atoms with Crippen molar-refractivity contribution in [2.45, 2.75) is 20.0 Å². The molecule has 0 saturated carbocycles. The van der Waals surface area contributed by atoms with Gasteiger partial charge in [-0.05, 0) is 37.1 Å². The molecule has 0 saturated heterocycles. The average Bonchev–Trinajstić information content (AvgIpc) is 2.60. The van der Waals surface area contributed by atoms with Gasteiger partial charge in [-0.15, -0.1) is 0 Å². The fourth-order valence-corrected chi connectivity index (χ4v) is 2.47. The van der Waals surface area contributed by atoms with E-state index in [1.807, 2.05) is 6.92 Å². The van der Waals surface area contributed by atoms with E-state index in [0.29, 0.717) is 17.4 Å². The molecule has 28 heavy (non-hydrogen) atoms. The van der Waals surface area contributed by atoms with Crippen molar-refractivity contribution in [3.05, 3.63) is 63.7 Å². The molecule has 0 radical (unpaired) electrons. The number of nitrogens with zero attached hydrogens (tertiary/aromatic N) is 2. The number of hydrogen-bond donors (Lipinski definition) is 4. The van der Waals surface area contributed by atoms with Crippen LogP contribution in [0.4, 0.5) is 42.0 Å². The predicted octanol–water partition coefficient (Wildman–Crippen LogP) is 3.87. The van der Waals surface area contributed by atoms with Crippen LogP contribution in [0.1, 0.15) is 16.7 Å². The Kier molecular flexibility index (Phi) is 4.95. The summed E-state index contributed by atoms with van der Waals surface area (Å²) in [7, 11) is 0. The summed E-state index contributed by atoms with van der Waals surface area (Å²) in [6.45, 7) is 3.53. The number of alkyl halides is 3. The Morgan fingerprint density at radius 3 is 2.54 bits per heavy atom. The molecule has 0 aliphatic carbocycles. The Morgan fingerprint density at radius 2 is 1.86 bits per heavy atom. The Morgan fingerprint density at radius 1 is 1.11 bits per heavy atom. The van der Waals surface area contributed by atoms with E-state index >= 15 is 0 Å². The highest BCUT2D eigenvalue weighted by Crippen LogP contribution is 2.36. The van der Waals surface area contributed by atoms with Crippen molar-refractivity contribution >= 4 is 28.8 Å². The second kappa shape index (κ2) is 7.22. The number of halogens is 3. The Labute approximate surface area is 157 Å². The third-order valence-electron chi connectivity index (χ3n) is 3.93. The molecule has 3 aromatic rings. The highest BCUT2D eigenvalue weighted by atomic mass is 19.4. The van der Waals surface area contributed by atoms with E-state index in [-0.39, 0.29) is 22.9 Å². The molecule has 10 heteroatoms. The van der Waals surface area contributed by atoms with Crippen LogP contribution < -0.4 is 21.9 Å². The van der Waals surface area contributed by atoms with Crippen LogP contribution in [0.25, 0.3) is 0 Å². The normalized spacial score (nSPS) is 11.3. The molecule has 5 N–H and O–H groups in total. The molecular weight excluding hydrogens is 373 g/mol. The summed E-state index contributed by atoms with van der Waals surface area (Å²) < 4.78 is 40.1. The summed E-state index contributed by atoms with van der Waals surface area (Å²) in [4.78, 5) is 21.6. The van der Waals surface area contributed by atoms with E-state index in [1.54, 1.807) is 25.1 Å². The minimum Gasteiger partial charge on any atom is -0.397 e. The average molecular weight is 390 g/mol. The van der Waals surface area contributed by atoms with Gasteiger partial charge >= 0.3 is 6.18 Å². The monoisotopic (exact) mass is 390 g/mol. The van der Waals surface area contributed by atoms with Crippen LogP contribution in [-0.2, 0) is 6.18 Å². The zero-order valence-electron chi connectivity index (χ0n) is 15.0. The predicted molar refractivity (Wildman–Crippen MR) is 101 cm³/mol. The molecule has 2 heterocycles.